The third-order valence-electron chi connectivity index (χ3n) is 5.33. The van der Waals surface area contributed by atoms with Crippen molar-refractivity contribution in [2.24, 2.45) is 0 Å². The molecule has 0 bridgehead atoms. The van der Waals surface area contributed by atoms with Crippen LogP contribution in [0.5, 0.6) is 0 Å². The Morgan fingerprint density at radius 2 is 1.89 bits per heavy atom. The van der Waals surface area contributed by atoms with Crippen LogP contribution >= 0.6 is 35.3 Å². The van der Waals surface area contributed by atoms with E-state index in [1.165, 1.54) is 30.2 Å². The van der Waals surface area contributed by atoms with E-state index in [0.717, 1.165) is 28.6 Å². The second kappa shape index (κ2) is 11.6. The Morgan fingerprint density at radius 1 is 1.11 bits per heavy atom. The van der Waals surface area contributed by atoms with Crippen LogP contribution in [0.2, 0.25) is 0 Å². The third-order valence-corrected chi connectivity index (χ3v) is 7.66. The fourth-order valence-corrected chi connectivity index (χ4v) is 5.71. The molecule has 1 fully saturated rings. The topological polar surface area (TPSA) is 88.6 Å². The molecule has 7 nitrogen and oxygen atoms in total. The molecule has 1 aliphatic rings. The van der Waals surface area contributed by atoms with Crippen molar-refractivity contribution in [2.75, 3.05) is 19.0 Å². The molecule has 0 radical (unpaired) electrons. The first-order valence-electron chi connectivity index (χ1n) is 11.0. The van der Waals surface area contributed by atoms with E-state index in [0.29, 0.717) is 39.3 Å². The summed E-state index contributed by atoms with van der Waals surface area (Å²) in [4.78, 5) is 43.2. The first-order chi connectivity index (χ1) is 16.9. The van der Waals surface area contributed by atoms with E-state index in [9.17, 15) is 14.4 Å². The molecule has 0 spiro atoms. The lowest BCUT2D eigenvalue weighted by atomic mass is 10.1. The van der Waals surface area contributed by atoms with Gasteiger partial charge in [-0.2, -0.15) is 0 Å². The number of thiocarbonyl (C=S) groups is 1. The first-order valence-corrected chi connectivity index (χ1v) is 13.1. The molecule has 0 unspecified atom stereocenters. The first kappa shape index (κ1) is 25.0. The SMILES string of the molecule is COC(=O)c1ccc(C=C2SC(=S)N(CCCCCC(=O)Nc3nc4ccccc4s3)C2=O)cc1. The number of nitrogens with zero attached hydrogens (tertiary/aromatic N) is 2. The molecule has 10 heteroatoms. The second-order valence-electron chi connectivity index (χ2n) is 7.79. The highest BCUT2D eigenvalue weighted by molar-refractivity contribution is 8.26. The van der Waals surface area contributed by atoms with Gasteiger partial charge in [0, 0.05) is 13.0 Å². The van der Waals surface area contributed by atoms with E-state index < -0.39 is 5.97 Å². The summed E-state index contributed by atoms with van der Waals surface area (Å²) < 4.78 is 6.27. The smallest absolute Gasteiger partial charge is 0.337 e. The van der Waals surface area contributed by atoms with Gasteiger partial charge in [0.15, 0.2) is 5.13 Å². The molecule has 3 aromatic rings. The Morgan fingerprint density at radius 3 is 2.63 bits per heavy atom. The number of unbranched alkanes of at least 4 members (excludes halogenated alkanes) is 2. The molecule has 1 saturated heterocycles. The fourth-order valence-electron chi connectivity index (χ4n) is 3.52. The van der Waals surface area contributed by atoms with Crippen molar-refractivity contribution in [1.82, 2.24) is 9.88 Å². The number of anilines is 1. The minimum Gasteiger partial charge on any atom is -0.465 e. The molecule has 1 aliphatic heterocycles. The molecule has 0 saturated carbocycles. The molecule has 1 aromatic heterocycles. The number of carbonyl (C=O) groups excluding carboxylic acids is 3. The standard InChI is InChI=1S/C25H23N3O4S3/c1-32-23(31)17-12-10-16(11-13-17)15-20-22(30)28(25(33)35-20)14-6-2-3-9-21(29)27-24-26-18-7-4-5-8-19(18)34-24/h4-5,7-8,10-13,15H,2-3,6,9,14H2,1H3,(H,26,27,29). The zero-order chi connectivity index (χ0) is 24.8. The number of para-hydroxylation sites is 1. The summed E-state index contributed by atoms with van der Waals surface area (Å²) in [5.74, 6) is -0.585. The molecular formula is C25H23N3O4S3. The summed E-state index contributed by atoms with van der Waals surface area (Å²) in [6.07, 6.45) is 4.44. The van der Waals surface area contributed by atoms with Crippen molar-refractivity contribution >= 4 is 78.8 Å². The Hall–Kier alpha value is -3.08. The molecule has 0 aliphatic carbocycles. The lowest BCUT2D eigenvalue weighted by molar-refractivity contribution is -0.122. The summed E-state index contributed by atoms with van der Waals surface area (Å²) in [5.41, 5.74) is 2.13. The van der Waals surface area contributed by atoms with Crippen molar-refractivity contribution in [3.8, 4) is 0 Å². The normalized spacial score (nSPS) is 14.7. The van der Waals surface area contributed by atoms with E-state index in [-0.39, 0.29) is 11.8 Å². The molecule has 35 heavy (non-hydrogen) atoms. The van der Waals surface area contributed by atoms with E-state index in [1.807, 2.05) is 24.3 Å². The average molecular weight is 526 g/mol. The Balaban J connectivity index is 1.21. The molecule has 2 amide bonds. The maximum Gasteiger partial charge on any atom is 0.337 e. The predicted molar refractivity (Wildman–Crippen MR) is 144 cm³/mol. The molecule has 180 valence electrons. The van der Waals surface area contributed by atoms with Crippen LogP contribution in [-0.4, -0.2) is 45.6 Å². The van der Waals surface area contributed by atoms with Crippen molar-refractivity contribution in [3.05, 3.63) is 64.6 Å². The maximum atomic E-state index is 12.8. The van der Waals surface area contributed by atoms with E-state index in [2.05, 4.69) is 10.3 Å². The van der Waals surface area contributed by atoms with Gasteiger partial charge < -0.3 is 10.1 Å². The zero-order valence-electron chi connectivity index (χ0n) is 19.0. The van der Waals surface area contributed by atoms with Crippen molar-refractivity contribution in [3.63, 3.8) is 0 Å². The van der Waals surface area contributed by atoms with Gasteiger partial charge in [-0.25, -0.2) is 9.78 Å². The number of esters is 1. The summed E-state index contributed by atoms with van der Waals surface area (Å²) in [6, 6.07) is 14.6. The van der Waals surface area contributed by atoms with Crippen LogP contribution in [0.25, 0.3) is 16.3 Å². The number of thiazole rings is 1. The summed E-state index contributed by atoms with van der Waals surface area (Å²) in [7, 11) is 1.33. The quantitative estimate of drug-likeness (QED) is 0.171. The predicted octanol–water partition coefficient (Wildman–Crippen LogP) is 5.48. The molecule has 2 heterocycles. The van der Waals surface area contributed by atoms with Crippen LogP contribution < -0.4 is 5.32 Å². The van der Waals surface area contributed by atoms with Gasteiger partial charge >= 0.3 is 5.97 Å². The minimum absolute atomic E-state index is 0.0594. The summed E-state index contributed by atoms with van der Waals surface area (Å²) >= 11 is 8.13. The number of benzene rings is 2. The number of fused-ring (bicyclic) bond motifs is 1. The molecule has 2 aromatic carbocycles. The number of methoxy groups -OCH3 is 1. The van der Waals surface area contributed by atoms with Gasteiger partial charge in [-0.3, -0.25) is 14.5 Å². The number of amides is 2. The van der Waals surface area contributed by atoms with Gasteiger partial charge in [-0.15, -0.1) is 0 Å². The van der Waals surface area contributed by atoms with Crippen molar-refractivity contribution < 1.29 is 19.1 Å². The summed E-state index contributed by atoms with van der Waals surface area (Å²) in [5, 5.41) is 3.48. The monoisotopic (exact) mass is 525 g/mol. The van der Waals surface area contributed by atoms with E-state index >= 15 is 0 Å². The number of nitrogens with one attached hydrogen (secondary N) is 1. The molecular weight excluding hydrogens is 502 g/mol. The number of ether oxygens (including phenoxy) is 1. The molecule has 0 atom stereocenters. The molecule has 1 N–H and O–H groups in total. The van der Waals surface area contributed by atoms with Gasteiger partial charge in [0.2, 0.25) is 5.91 Å². The number of aromatic nitrogens is 1. The van der Waals surface area contributed by atoms with Crippen LogP contribution in [0.3, 0.4) is 0 Å². The highest BCUT2D eigenvalue weighted by Gasteiger charge is 2.31. The highest BCUT2D eigenvalue weighted by atomic mass is 32.2. The summed E-state index contributed by atoms with van der Waals surface area (Å²) in [6.45, 7) is 0.517. The van der Waals surface area contributed by atoms with Gasteiger partial charge in [-0.1, -0.05) is 66.0 Å². The van der Waals surface area contributed by atoms with Crippen LogP contribution in [0, 0.1) is 0 Å². The van der Waals surface area contributed by atoms with Crippen molar-refractivity contribution in [2.45, 2.75) is 25.7 Å². The second-order valence-corrected chi connectivity index (χ2v) is 10.5. The zero-order valence-corrected chi connectivity index (χ0v) is 21.4. The number of carbonyl (C=O) groups is 3. The van der Waals surface area contributed by atoms with Crippen molar-refractivity contribution in [1.29, 1.82) is 0 Å². The Kier molecular flexibility index (Phi) is 8.27. The number of thioether (sulfide) groups is 1. The van der Waals surface area contributed by atoms with Crippen LogP contribution in [-0.2, 0) is 14.3 Å². The Bertz CT molecular complexity index is 1270. The molecule has 4 rings (SSSR count). The minimum atomic E-state index is -0.405. The number of hydrogen-bond acceptors (Lipinski definition) is 8. The van der Waals surface area contributed by atoms with Crippen LogP contribution in [0.4, 0.5) is 5.13 Å². The van der Waals surface area contributed by atoms with E-state index in [4.69, 9.17) is 17.0 Å². The number of rotatable bonds is 9. The van der Waals surface area contributed by atoms with Gasteiger partial charge in [0.25, 0.3) is 5.91 Å². The Labute approximate surface area is 216 Å². The van der Waals surface area contributed by atoms with Crippen LogP contribution in [0.1, 0.15) is 41.6 Å². The van der Waals surface area contributed by atoms with Gasteiger partial charge in [0.05, 0.1) is 27.8 Å². The third kappa shape index (κ3) is 6.33. The lowest BCUT2D eigenvalue weighted by Gasteiger charge is -2.14. The van der Waals surface area contributed by atoms with Gasteiger partial charge in [0.1, 0.15) is 4.32 Å². The van der Waals surface area contributed by atoms with Gasteiger partial charge in [-0.05, 0) is 48.7 Å². The number of hydrogen-bond donors (Lipinski definition) is 1. The highest BCUT2D eigenvalue weighted by Crippen LogP contribution is 2.33. The maximum absolute atomic E-state index is 12.8. The van der Waals surface area contributed by atoms with E-state index in [1.54, 1.807) is 35.2 Å². The lowest BCUT2D eigenvalue weighted by Crippen LogP contribution is -2.29. The fraction of sp³-hybridized carbons (Fsp3) is 0.240. The van der Waals surface area contributed by atoms with Crippen LogP contribution in [0.15, 0.2) is 53.4 Å². The largest absolute Gasteiger partial charge is 0.465 e. The average Bonchev–Trinajstić information content (AvgIpc) is 3.38.